The van der Waals surface area contributed by atoms with Gasteiger partial charge < -0.3 is 10.1 Å². The lowest BCUT2D eigenvalue weighted by Gasteiger charge is -2.20. The minimum atomic E-state index is -0.191. The summed E-state index contributed by atoms with van der Waals surface area (Å²) >= 11 is 3.49. The Labute approximate surface area is 117 Å². The van der Waals surface area contributed by atoms with Crippen LogP contribution >= 0.6 is 15.9 Å². The van der Waals surface area contributed by atoms with E-state index in [1.807, 2.05) is 0 Å². The minimum absolute atomic E-state index is 0.171. The predicted molar refractivity (Wildman–Crippen MR) is 76.2 cm³/mol. The van der Waals surface area contributed by atoms with Crippen LogP contribution in [-0.4, -0.2) is 20.3 Å². The lowest BCUT2D eigenvalue weighted by Crippen LogP contribution is -2.23. The second kappa shape index (κ2) is 8.62. The van der Waals surface area contributed by atoms with Crippen molar-refractivity contribution < 1.29 is 9.13 Å². The molecule has 0 fully saturated rings. The quantitative estimate of drug-likeness (QED) is 0.730. The summed E-state index contributed by atoms with van der Waals surface area (Å²) in [7, 11) is 1.70. The molecular weight excluding hydrogens is 297 g/mol. The first-order chi connectivity index (χ1) is 8.69. The zero-order valence-corrected chi connectivity index (χ0v) is 12.6. The molecule has 18 heavy (non-hydrogen) atoms. The van der Waals surface area contributed by atoms with Gasteiger partial charge in [0.2, 0.25) is 0 Å². The summed E-state index contributed by atoms with van der Waals surface area (Å²) in [5.41, 5.74) is 0.986. The van der Waals surface area contributed by atoms with Gasteiger partial charge in [-0.1, -0.05) is 22.9 Å². The van der Waals surface area contributed by atoms with Crippen LogP contribution in [0.3, 0.4) is 0 Å². The molecule has 0 bridgehead atoms. The van der Waals surface area contributed by atoms with Gasteiger partial charge in [-0.15, -0.1) is 0 Å². The topological polar surface area (TPSA) is 21.3 Å². The number of ether oxygens (including phenoxy) is 1. The Morgan fingerprint density at radius 3 is 2.89 bits per heavy atom. The molecule has 0 aliphatic rings. The van der Waals surface area contributed by atoms with E-state index in [-0.39, 0.29) is 11.9 Å². The summed E-state index contributed by atoms with van der Waals surface area (Å²) in [5, 5.41) is 3.46. The first-order valence-electron chi connectivity index (χ1n) is 6.36. The van der Waals surface area contributed by atoms with E-state index in [2.05, 4.69) is 28.2 Å². The lowest BCUT2D eigenvalue weighted by atomic mass is 10.0. The first-order valence-corrected chi connectivity index (χ1v) is 7.15. The molecule has 0 saturated carbocycles. The van der Waals surface area contributed by atoms with Crippen molar-refractivity contribution >= 4 is 15.9 Å². The number of hydrogen-bond acceptors (Lipinski definition) is 2. The first kappa shape index (κ1) is 15.6. The van der Waals surface area contributed by atoms with E-state index in [1.165, 1.54) is 6.07 Å². The average Bonchev–Trinajstić information content (AvgIpc) is 2.37. The molecule has 0 amide bonds. The normalized spacial score (nSPS) is 12.7. The number of hydrogen-bond donors (Lipinski definition) is 1. The Kier molecular flexibility index (Phi) is 7.47. The summed E-state index contributed by atoms with van der Waals surface area (Å²) in [6, 6.07) is 5.01. The molecular formula is C14H21BrFNO. The van der Waals surface area contributed by atoms with Gasteiger partial charge in [0.15, 0.2) is 0 Å². The van der Waals surface area contributed by atoms with Crippen molar-refractivity contribution in [3.05, 3.63) is 34.1 Å². The summed E-state index contributed by atoms with van der Waals surface area (Å²) in [4.78, 5) is 0. The van der Waals surface area contributed by atoms with Crippen molar-refractivity contribution in [2.24, 2.45) is 0 Å². The van der Waals surface area contributed by atoms with Gasteiger partial charge in [0.25, 0.3) is 0 Å². The Balaban J connectivity index is 2.75. The second-order valence-corrected chi connectivity index (χ2v) is 5.16. The Morgan fingerprint density at radius 2 is 2.22 bits per heavy atom. The molecule has 2 nitrogen and oxygen atoms in total. The number of nitrogens with one attached hydrogen (secondary N) is 1. The Morgan fingerprint density at radius 1 is 1.44 bits per heavy atom. The second-order valence-electron chi connectivity index (χ2n) is 4.31. The SMILES string of the molecule is CCCNC(CCCOC)c1cc(F)ccc1Br. The maximum atomic E-state index is 13.3. The van der Waals surface area contributed by atoms with Crippen LogP contribution in [-0.2, 0) is 4.74 Å². The lowest BCUT2D eigenvalue weighted by molar-refractivity contribution is 0.188. The summed E-state index contributed by atoms with van der Waals surface area (Å²) in [6.07, 6.45) is 2.96. The minimum Gasteiger partial charge on any atom is -0.385 e. The molecule has 1 unspecified atom stereocenters. The van der Waals surface area contributed by atoms with E-state index in [4.69, 9.17) is 4.74 Å². The zero-order valence-electron chi connectivity index (χ0n) is 11.0. The third-order valence-corrected chi connectivity index (χ3v) is 3.54. The fraction of sp³-hybridized carbons (Fsp3) is 0.571. The molecule has 0 aliphatic carbocycles. The molecule has 1 aromatic carbocycles. The molecule has 1 rings (SSSR count). The van der Waals surface area contributed by atoms with Crippen LogP contribution in [0.1, 0.15) is 37.8 Å². The van der Waals surface area contributed by atoms with E-state index in [1.54, 1.807) is 19.2 Å². The molecule has 1 aromatic rings. The van der Waals surface area contributed by atoms with Crippen molar-refractivity contribution in [1.29, 1.82) is 0 Å². The van der Waals surface area contributed by atoms with Crippen molar-refractivity contribution in [3.63, 3.8) is 0 Å². The van der Waals surface area contributed by atoms with Gasteiger partial charge in [-0.2, -0.15) is 0 Å². The van der Waals surface area contributed by atoms with E-state index in [0.29, 0.717) is 0 Å². The van der Waals surface area contributed by atoms with Gasteiger partial charge in [0, 0.05) is 24.2 Å². The molecule has 0 aromatic heterocycles. The highest BCUT2D eigenvalue weighted by molar-refractivity contribution is 9.10. The smallest absolute Gasteiger partial charge is 0.123 e. The number of rotatable bonds is 8. The molecule has 0 heterocycles. The van der Waals surface area contributed by atoms with Gasteiger partial charge in [-0.05, 0) is 49.6 Å². The van der Waals surface area contributed by atoms with Crippen LogP contribution in [0.2, 0.25) is 0 Å². The zero-order chi connectivity index (χ0) is 13.4. The monoisotopic (exact) mass is 317 g/mol. The molecule has 0 radical (unpaired) electrons. The van der Waals surface area contributed by atoms with Gasteiger partial charge >= 0.3 is 0 Å². The molecule has 102 valence electrons. The van der Waals surface area contributed by atoms with Gasteiger partial charge in [0.05, 0.1) is 0 Å². The van der Waals surface area contributed by atoms with Crippen LogP contribution in [0.15, 0.2) is 22.7 Å². The molecule has 1 N–H and O–H groups in total. The number of benzene rings is 1. The molecule has 0 aliphatic heterocycles. The van der Waals surface area contributed by atoms with E-state index in [9.17, 15) is 4.39 Å². The van der Waals surface area contributed by atoms with E-state index < -0.39 is 0 Å². The standard InChI is InChI=1S/C14H21BrFNO/c1-3-8-17-14(5-4-9-18-2)12-10-11(16)6-7-13(12)15/h6-7,10,14,17H,3-5,8-9H2,1-2H3. The van der Waals surface area contributed by atoms with Gasteiger partial charge in [-0.25, -0.2) is 4.39 Å². The van der Waals surface area contributed by atoms with Gasteiger partial charge in [0.1, 0.15) is 5.82 Å². The maximum absolute atomic E-state index is 13.3. The largest absolute Gasteiger partial charge is 0.385 e. The van der Waals surface area contributed by atoms with Crippen LogP contribution in [0, 0.1) is 5.82 Å². The molecule has 0 spiro atoms. The Hall–Kier alpha value is -0.450. The van der Waals surface area contributed by atoms with Crippen molar-refractivity contribution in [2.45, 2.75) is 32.2 Å². The fourth-order valence-corrected chi connectivity index (χ4v) is 2.42. The van der Waals surface area contributed by atoms with Crippen molar-refractivity contribution in [1.82, 2.24) is 5.32 Å². The molecule has 4 heteroatoms. The van der Waals surface area contributed by atoms with Crippen LogP contribution in [0.25, 0.3) is 0 Å². The third-order valence-electron chi connectivity index (χ3n) is 2.82. The molecule has 1 atom stereocenters. The van der Waals surface area contributed by atoms with Crippen molar-refractivity contribution in [3.8, 4) is 0 Å². The van der Waals surface area contributed by atoms with E-state index in [0.717, 1.165) is 42.5 Å². The van der Waals surface area contributed by atoms with Crippen molar-refractivity contribution in [2.75, 3.05) is 20.3 Å². The average molecular weight is 318 g/mol. The fourth-order valence-electron chi connectivity index (χ4n) is 1.90. The Bertz CT molecular complexity index is 360. The summed E-state index contributed by atoms with van der Waals surface area (Å²) in [6.45, 7) is 3.79. The third kappa shape index (κ3) is 5.04. The van der Waals surface area contributed by atoms with Gasteiger partial charge in [-0.3, -0.25) is 0 Å². The molecule has 0 saturated heterocycles. The van der Waals surface area contributed by atoms with Crippen LogP contribution in [0.5, 0.6) is 0 Å². The van der Waals surface area contributed by atoms with Crippen LogP contribution in [0.4, 0.5) is 4.39 Å². The maximum Gasteiger partial charge on any atom is 0.123 e. The highest BCUT2D eigenvalue weighted by Crippen LogP contribution is 2.27. The summed E-state index contributed by atoms with van der Waals surface area (Å²) < 4.78 is 19.4. The van der Waals surface area contributed by atoms with Crippen LogP contribution < -0.4 is 5.32 Å². The number of methoxy groups -OCH3 is 1. The van der Waals surface area contributed by atoms with E-state index >= 15 is 0 Å². The highest BCUT2D eigenvalue weighted by Gasteiger charge is 2.14. The predicted octanol–water partition coefficient (Wildman–Crippen LogP) is 4.06. The highest BCUT2D eigenvalue weighted by atomic mass is 79.9. The summed E-state index contributed by atoms with van der Waals surface area (Å²) in [5.74, 6) is -0.191. The number of halogens is 2.